The fraction of sp³-hybridized carbons (Fsp3) is 0.250. The Morgan fingerprint density at radius 2 is 1.70 bits per heavy atom. The maximum Gasteiger partial charge on any atom is 0.303 e. The molecule has 0 radical (unpaired) electrons. The molecule has 2 rings (SSSR count). The van der Waals surface area contributed by atoms with Gasteiger partial charge in [0.05, 0.1) is 12.2 Å². The summed E-state index contributed by atoms with van der Waals surface area (Å²) in [6.45, 7) is 3.96. The molecule has 0 unspecified atom stereocenters. The van der Waals surface area contributed by atoms with E-state index in [0.717, 1.165) is 21.7 Å². The number of aryl methyl sites for hydroxylation is 1. The molecule has 0 aliphatic carbocycles. The Balaban J connectivity index is 1.88. The highest BCUT2D eigenvalue weighted by molar-refractivity contribution is 8.00. The molecule has 0 heterocycles. The summed E-state index contributed by atoms with van der Waals surface area (Å²) in [4.78, 5) is 35.3. The Bertz CT molecular complexity index is 852. The van der Waals surface area contributed by atoms with Crippen LogP contribution in [0.4, 0.5) is 11.4 Å². The van der Waals surface area contributed by atoms with Crippen molar-refractivity contribution in [3.05, 3.63) is 53.6 Å². The van der Waals surface area contributed by atoms with Crippen molar-refractivity contribution in [3.63, 3.8) is 0 Å². The molecule has 0 aliphatic rings. The van der Waals surface area contributed by atoms with E-state index >= 15 is 0 Å². The van der Waals surface area contributed by atoms with Crippen LogP contribution in [0, 0.1) is 13.8 Å². The lowest BCUT2D eigenvalue weighted by atomic mass is 10.1. The third-order valence-corrected chi connectivity index (χ3v) is 4.93. The van der Waals surface area contributed by atoms with Gasteiger partial charge in [-0.2, -0.15) is 0 Å². The van der Waals surface area contributed by atoms with Gasteiger partial charge in [-0.3, -0.25) is 14.4 Å². The molecule has 2 aromatic carbocycles. The molecule has 0 spiro atoms. The third-order valence-electron chi connectivity index (χ3n) is 3.93. The second kappa shape index (κ2) is 9.78. The van der Waals surface area contributed by atoms with Crippen LogP contribution in [-0.4, -0.2) is 28.6 Å². The molecule has 0 aromatic heterocycles. The first-order chi connectivity index (χ1) is 12.8. The van der Waals surface area contributed by atoms with Crippen LogP contribution in [0.5, 0.6) is 0 Å². The molecule has 0 fully saturated rings. The summed E-state index contributed by atoms with van der Waals surface area (Å²) in [6.07, 6.45) is -0.288. The number of hydrogen-bond donors (Lipinski definition) is 3. The maximum atomic E-state index is 12.2. The second-order valence-corrected chi connectivity index (χ2v) is 7.10. The average molecular weight is 386 g/mol. The summed E-state index contributed by atoms with van der Waals surface area (Å²) < 4.78 is 0. The normalized spacial score (nSPS) is 10.3. The summed E-state index contributed by atoms with van der Waals surface area (Å²) in [5.41, 5.74) is 3.54. The van der Waals surface area contributed by atoms with Gasteiger partial charge in [0.15, 0.2) is 0 Å². The van der Waals surface area contributed by atoms with Crippen molar-refractivity contribution < 1.29 is 19.5 Å². The van der Waals surface area contributed by atoms with E-state index in [1.54, 1.807) is 18.2 Å². The molecule has 2 amide bonds. The van der Waals surface area contributed by atoms with Crippen molar-refractivity contribution >= 4 is 40.9 Å². The molecule has 0 saturated heterocycles. The zero-order valence-corrected chi connectivity index (χ0v) is 16.1. The highest BCUT2D eigenvalue weighted by Crippen LogP contribution is 2.23. The van der Waals surface area contributed by atoms with Crippen LogP contribution < -0.4 is 10.6 Å². The largest absolute Gasteiger partial charge is 0.481 e. The number of carboxylic acid groups (broad SMARTS) is 1. The number of nitrogens with one attached hydrogen (secondary N) is 2. The van der Waals surface area contributed by atoms with Crippen molar-refractivity contribution in [2.75, 3.05) is 16.4 Å². The molecule has 7 heteroatoms. The van der Waals surface area contributed by atoms with Crippen LogP contribution in [0.15, 0.2) is 47.4 Å². The lowest BCUT2D eigenvalue weighted by Gasteiger charge is -2.10. The Kier molecular flexibility index (Phi) is 7.43. The van der Waals surface area contributed by atoms with Gasteiger partial charge in [0.2, 0.25) is 11.8 Å². The van der Waals surface area contributed by atoms with Crippen LogP contribution in [0.3, 0.4) is 0 Å². The van der Waals surface area contributed by atoms with Gasteiger partial charge in [0.25, 0.3) is 0 Å². The number of benzene rings is 2. The monoisotopic (exact) mass is 386 g/mol. The quantitative estimate of drug-likeness (QED) is 0.599. The smallest absolute Gasteiger partial charge is 0.303 e. The lowest BCUT2D eigenvalue weighted by molar-refractivity contribution is -0.138. The molecule has 0 atom stereocenters. The average Bonchev–Trinajstić information content (AvgIpc) is 2.62. The third kappa shape index (κ3) is 6.79. The van der Waals surface area contributed by atoms with E-state index in [-0.39, 0.29) is 30.4 Å². The number of hydrogen-bond acceptors (Lipinski definition) is 4. The van der Waals surface area contributed by atoms with Gasteiger partial charge < -0.3 is 15.7 Å². The minimum Gasteiger partial charge on any atom is -0.481 e. The van der Waals surface area contributed by atoms with Gasteiger partial charge in [-0.05, 0) is 49.2 Å². The van der Waals surface area contributed by atoms with Crippen LogP contribution in [-0.2, 0) is 14.4 Å². The fourth-order valence-electron chi connectivity index (χ4n) is 2.33. The van der Waals surface area contributed by atoms with Gasteiger partial charge in [0.1, 0.15) is 0 Å². The highest BCUT2D eigenvalue weighted by atomic mass is 32.2. The zero-order chi connectivity index (χ0) is 19.8. The predicted octanol–water partition coefficient (Wildman–Crippen LogP) is 3.84. The Labute approximate surface area is 162 Å². The van der Waals surface area contributed by atoms with E-state index in [4.69, 9.17) is 5.11 Å². The van der Waals surface area contributed by atoms with Gasteiger partial charge in [0, 0.05) is 22.7 Å². The summed E-state index contributed by atoms with van der Waals surface area (Å²) in [5, 5.41) is 14.2. The fourth-order valence-corrected chi connectivity index (χ4v) is 3.08. The number of anilines is 2. The van der Waals surface area contributed by atoms with Gasteiger partial charge >= 0.3 is 5.97 Å². The molecule has 0 bridgehead atoms. The summed E-state index contributed by atoms with van der Waals surface area (Å²) >= 11 is 1.36. The van der Waals surface area contributed by atoms with Crippen molar-refractivity contribution in [3.8, 4) is 0 Å². The Morgan fingerprint density at radius 3 is 2.44 bits per heavy atom. The van der Waals surface area contributed by atoms with Gasteiger partial charge in [-0.15, -0.1) is 11.8 Å². The van der Waals surface area contributed by atoms with Crippen molar-refractivity contribution in [2.45, 2.75) is 31.6 Å². The van der Waals surface area contributed by atoms with E-state index in [1.807, 2.05) is 38.1 Å². The zero-order valence-electron chi connectivity index (χ0n) is 15.2. The minimum atomic E-state index is -1.01. The Morgan fingerprint density at radius 1 is 0.963 bits per heavy atom. The first-order valence-corrected chi connectivity index (χ1v) is 9.44. The van der Waals surface area contributed by atoms with Crippen molar-refractivity contribution in [2.24, 2.45) is 0 Å². The van der Waals surface area contributed by atoms with Crippen LogP contribution in [0.2, 0.25) is 0 Å². The van der Waals surface area contributed by atoms with Crippen molar-refractivity contribution in [1.29, 1.82) is 0 Å². The first kappa shape index (κ1) is 20.5. The van der Waals surface area contributed by atoms with E-state index in [2.05, 4.69) is 10.6 Å². The van der Waals surface area contributed by atoms with Gasteiger partial charge in [-0.1, -0.05) is 18.2 Å². The topological polar surface area (TPSA) is 95.5 Å². The summed E-state index contributed by atoms with van der Waals surface area (Å²) in [6, 6.07) is 12.9. The van der Waals surface area contributed by atoms with E-state index < -0.39 is 5.97 Å². The molecule has 2 aromatic rings. The Hall–Kier alpha value is -2.80. The number of carbonyl (C=O) groups excluding carboxylic acids is 2. The van der Waals surface area contributed by atoms with E-state index in [9.17, 15) is 14.4 Å². The number of rotatable bonds is 8. The summed E-state index contributed by atoms with van der Waals surface area (Å²) in [5.74, 6) is -1.23. The molecular formula is C20H22N2O4S. The SMILES string of the molecule is Cc1cccc(NC(=O)CSc2cccc(NC(=O)CCC(=O)O)c2)c1C. The number of aliphatic carboxylic acids is 1. The van der Waals surface area contributed by atoms with Gasteiger partial charge in [-0.25, -0.2) is 0 Å². The van der Waals surface area contributed by atoms with Crippen molar-refractivity contribution in [1.82, 2.24) is 0 Å². The maximum absolute atomic E-state index is 12.2. The predicted molar refractivity (Wildman–Crippen MR) is 107 cm³/mol. The van der Waals surface area contributed by atoms with E-state index in [0.29, 0.717) is 5.69 Å². The van der Waals surface area contributed by atoms with Crippen LogP contribution >= 0.6 is 11.8 Å². The van der Waals surface area contributed by atoms with E-state index in [1.165, 1.54) is 11.8 Å². The molecule has 142 valence electrons. The number of amides is 2. The number of carbonyl (C=O) groups is 3. The minimum absolute atomic E-state index is 0.0784. The van der Waals surface area contributed by atoms with Crippen LogP contribution in [0.1, 0.15) is 24.0 Å². The molecule has 3 N–H and O–H groups in total. The second-order valence-electron chi connectivity index (χ2n) is 6.05. The lowest BCUT2D eigenvalue weighted by Crippen LogP contribution is -2.15. The number of carboxylic acids is 1. The highest BCUT2D eigenvalue weighted by Gasteiger charge is 2.09. The number of thioether (sulfide) groups is 1. The molecular weight excluding hydrogens is 364 g/mol. The molecule has 0 aliphatic heterocycles. The standard InChI is InChI=1S/C20H22N2O4S/c1-13-5-3-8-17(14(13)2)22-19(24)12-27-16-7-4-6-15(11-16)21-18(23)9-10-20(25)26/h3-8,11H,9-10,12H2,1-2H3,(H,21,23)(H,22,24)(H,25,26). The molecule has 27 heavy (non-hydrogen) atoms. The first-order valence-electron chi connectivity index (χ1n) is 8.45. The molecule has 6 nitrogen and oxygen atoms in total. The molecule has 0 saturated carbocycles. The summed E-state index contributed by atoms with van der Waals surface area (Å²) in [7, 11) is 0. The van der Waals surface area contributed by atoms with Crippen LogP contribution in [0.25, 0.3) is 0 Å².